The van der Waals surface area contributed by atoms with Crippen LogP contribution in [0.15, 0.2) is 64.9 Å². The monoisotopic (exact) mass is 555 g/mol. The second-order valence-electron chi connectivity index (χ2n) is 9.03. The molecule has 1 amide bonds. The quantitative estimate of drug-likeness (QED) is 0.342. The van der Waals surface area contributed by atoms with Crippen molar-refractivity contribution in [2.45, 2.75) is 37.5 Å². The van der Waals surface area contributed by atoms with E-state index in [0.29, 0.717) is 42.5 Å². The number of amides is 1. The number of rotatable bonds is 6. The van der Waals surface area contributed by atoms with Crippen molar-refractivity contribution in [1.29, 1.82) is 0 Å². The third-order valence-corrected chi connectivity index (χ3v) is 9.72. The van der Waals surface area contributed by atoms with Gasteiger partial charge in [-0.05, 0) is 56.5 Å². The highest BCUT2D eigenvalue weighted by Crippen LogP contribution is 2.33. The fraction of sp³-hybridized carbons (Fsp3) is 0.269. The van der Waals surface area contributed by atoms with Crippen LogP contribution in [0.5, 0.6) is 0 Å². The average molecular weight is 556 g/mol. The van der Waals surface area contributed by atoms with Crippen molar-refractivity contribution in [1.82, 2.24) is 19.1 Å². The van der Waals surface area contributed by atoms with Crippen LogP contribution in [0, 0.1) is 13.8 Å². The van der Waals surface area contributed by atoms with Gasteiger partial charge in [0, 0.05) is 35.5 Å². The molecule has 0 aliphatic carbocycles. The van der Waals surface area contributed by atoms with Crippen LogP contribution in [-0.2, 0) is 10.0 Å². The molecule has 1 aliphatic heterocycles. The van der Waals surface area contributed by atoms with Crippen LogP contribution in [0.25, 0.3) is 5.69 Å². The van der Waals surface area contributed by atoms with Crippen LogP contribution in [0.2, 0.25) is 5.02 Å². The van der Waals surface area contributed by atoms with Crippen LogP contribution < -0.4 is 5.32 Å². The number of nitrogens with one attached hydrogen (secondary N) is 1. The number of sulfonamides is 1. The van der Waals surface area contributed by atoms with Gasteiger partial charge in [0.1, 0.15) is 11.5 Å². The zero-order valence-corrected chi connectivity index (χ0v) is 22.8. The molecule has 1 N–H and O–H groups in total. The molecule has 37 heavy (non-hydrogen) atoms. The number of aromatic nitrogens is 3. The Balaban J connectivity index is 1.25. The Bertz CT molecular complexity index is 1540. The van der Waals surface area contributed by atoms with Gasteiger partial charge in [-0.3, -0.25) is 4.79 Å². The van der Waals surface area contributed by atoms with Crippen LogP contribution in [-0.4, -0.2) is 46.5 Å². The molecule has 11 heteroatoms. The molecule has 0 unspecified atom stereocenters. The Morgan fingerprint density at radius 1 is 1.08 bits per heavy atom. The van der Waals surface area contributed by atoms with Crippen molar-refractivity contribution >= 4 is 44.7 Å². The minimum atomic E-state index is -3.62. The van der Waals surface area contributed by atoms with Gasteiger partial charge in [0.05, 0.1) is 21.3 Å². The molecule has 1 saturated heterocycles. The third kappa shape index (κ3) is 5.33. The molecular weight excluding hydrogens is 530 g/mol. The summed E-state index contributed by atoms with van der Waals surface area (Å²) in [7, 11) is -3.62. The Kier molecular flexibility index (Phi) is 7.17. The Labute approximate surface area is 225 Å². The van der Waals surface area contributed by atoms with E-state index in [1.54, 1.807) is 22.2 Å². The number of aryl methyl sites for hydroxylation is 2. The Morgan fingerprint density at radius 2 is 1.81 bits per heavy atom. The van der Waals surface area contributed by atoms with Crippen molar-refractivity contribution in [3.05, 3.63) is 87.0 Å². The summed E-state index contributed by atoms with van der Waals surface area (Å²) in [6.07, 6.45) is 1.26. The average Bonchev–Trinajstić information content (AvgIpc) is 3.53. The van der Waals surface area contributed by atoms with Gasteiger partial charge in [0.25, 0.3) is 5.91 Å². The maximum atomic E-state index is 13.1. The van der Waals surface area contributed by atoms with Crippen LogP contribution in [0.4, 0.5) is 5.82 Å². The standard InChI is InChI=1S/C26H26ClN5O3S2/c1-17-8-9-21(15-22(17)27)37(34,35)31-12-10-19(11-13-31)26-28-23(16-36-26)25(33)29-24-14-18(2)30-32(24)20-6-4-3-5-7-20/h3-9,14-16,19H,10-13H2,1-2H3,(H,29,33). The molecule has 0 spiro atoms. The Hall–Kier alpha value is -3.05. The summed E-state index contributed by atoms with van der Waals surface area (Å²) in [5, 5.41) is 10.4. The van der Waals surface area contributed by atoms with Gasteiger partial charge in [0.15, 0.2) is 0 Å². The molecule has 0 atom stereocenters. The predicted octanol–water partition coefficient (Wildman–Crippen LogP) is 5.42. The lowest BCUT2D eigenvalue weighted by molar-refractivity contribution is 0.102. The van der Waals surface area contributed by atoms with Crippen LogP contribution in [0.1, 0.15) is 45.5 Å². The normalized spacial score (nSPS) is 15.1. The zero-order valence-electron chi connectivity index (χ0n) is 20.4. The molecule has 2 aromatic carbocycles. The van der Waals surface area contributed by atoms with E-state index in [2.05, 4.69) is 15.4 Å². The fourth-order valence-corrected chi connectivity index (χ4v) is 7.05. The van der Waals surface area contributed by atoms with E-state index in [0.717, 1.165) is 22.0 Å². The molecule has 0 bridgehead atoms. The number of hydrogen-bond donors (Lipinski definition) is 1. The van der Waals surface area contributed by atoms with E-state index in [9.17, 15) is 13.2 Å². The number of carbonyl (C=O) groups excluding carboxylic acids is 1. The van der Waals surface area contributed by atoms with Gasteiger partial charge < -0.3 is 5.32 Å². The highest BCUT2D eigenvalue weighted by Gasteiger charge is 2.31. The molecule has 1 aliphatic rings. The predicted molar refractivity (Wildman–Crippen MR) is 145 cm³/mol. The summed E-state index contributed by atoms with van der Waals surface area (Å²) < 4.78 is 29.4. The first-order valence-corrected chi connectivity index (χ1v) is 14.6. The van der Waals surface area contributed by atoms with Crippen molar-refractivity contribution in [2.75, 3.05) is 18.4 Å². The van der Waals surface area contributed by atoms with E-state index in [1.165, 1.54) is 21.7 Å². The van der Waals surface area contributed by atoms with Gasteiger partial charge in [-0.25, -0.2) is 18.1 Å². The summed E-state index contributed by atoms with van der Waals surface area (Å²) in [6.45, 7) is 4.48. The van der Waals surface area contributed by atoms with Crippen LogP contribution in [0.3, 0.4) is 0 Å². The fourth-order valence-electron chi connectivity index (χ4n) is 4.34. The molecule has 2 aromatic heterocycles. The van der Waals surface area contributed by atoms with E-state index >= 15 is 0 Å². The number of thiazole rings is 1. The molecular formula is C26H26ClN5O3S2. The second kappa shape index (κ2) is 10.4. The molecule has 0 radical (unpaired) electrons. The molecule has 5 rings (SSSR count). The van der Waals surface area contributed by atoms with E-state index in [4.69, 9.17) is 11.6 Å². The summed E-state index contributed by atoms with van der Waals surface area (Å²) in [5.41, 5.74) is 2.80. The first-order chi connectivity index (χ1) is 17.7. The topological polar surface area (TPSA) is 97.2 Å². The first kappa shape index (κ1) is 25.6. The highest BCUT2D eigenvalue weighted by atomic mass is 35.5. The summed E-state index contributed by atoms with van der Waals surface area (Å²) in [4.78, 5) is 17.8. The Morgan fingerprint density at radius 3 is 2.51 bits per heavy atom. The van der Waals surface area contributed by atoms with Crippen molar-refractivity contribution < 1.29 is 13.2 Å². The third-order valence-electron chi connectivity index (χ3n) is 6.41. The SMILES string of the molecule is Cc1cc(NC(=O)c2csc(C3CCN(S(=O)(=O)c4ccc(C)c(Cl)c4)CC3)n2)n(-c2ccccc2)n1. The number of halogens is 1. The summed E-state index contributed by atoms with van der Waals surface area (Å²) in [5.74, 6) is 0.352. The van der Waals surface area contributed by atoms with Crippen molar-refractivity contribution in [2.24, 2.45) is 0 Å². The number of benzene rings is 2. The van der Waals surface area contributed by atoms with Gasteiger partial charge >= 0.3 is 0 Å². The zero-order chi connectivity index (χ0) is 26.2. The van der Waals surface area contributed by atoms with Gasteiger partial charge in [-0.2, -0.15) is 9.40 Å². The van der Waals surface area contributed by atoms with Crippen LogP contribution >= 0.6 is 22.9 Å². The molecule has 192 valence electrons. The van der Waals surface area contributed by atoms with Gasteiger partial charge in [0.2, 0.25) is 10.0 Å². The minimum Gasteiger partial charge on any atom is -0.305 e. The lowest BCUT2D eigenvalue weighted by atomic mass is 9.99. The van der Waals surface area contributed by atoms with Gasteiger partial charge in [-0.15, -0.1) is 11.3 Å². The number of carbonyl (C=O) groups is 1. The minimum absolute atomic E-state index is 0.0942. The molecule has 1 fully saturated rings. The second-order valence-corrected chi connectivity index (χ2v) is 12.3. The van der Waals surface area contributed by atoms with E-state index < -0.39 is 10.0 Å². The molecule has 3 heterocycles. The first-order valence-electron chi connectivity index (χ1n) is 11.9. The van der Waals surface area contributed by atoms with E-state index in [1.807, 2.05) is 50.2 Å². The summed E-state index contributed by atoms with van der Waals surface area (Å²) >= 11 is 7.58. The lowest BCUT2D eigenvalue weighted by Gasteiger charge is -2.30. The number of anilines is 1. The maximum absolute atomic E-state index is 13.1. The molecule has 0 saturated carbocycles. The number of piperidine rings is 1. The molecule has 8 nitrogen and oxygen atoms in total. The largest absolute Gasteiger partial charge is 0.305 e. The van der Waals surface area contributed by atoms with Gasteiger partial charge in [-0.1, -0.05) is 35.9 Å². The summed E-state index contributed by atoms with van der Waals surface area (Å²) in [6, 6.07) is 16.2. The number of nitrogens with zero attached hydrogens (tertiary/aromatic N) is 4. The lowest BCUT2D eigenvalue weighted by Crippen LogP contribution is -2.37. The molecule has 4 aromatic rings. The van der Waals surface area contributed by atoms with Crippen molar-refractivity contribution in [3.63, 3.8) is 0 Å². The van der Waals surface area contributed by atoms with Crippen molar-refractivity contribution in [3.8, 4) is 5.69 Å². The van der Waals surface area contributed by atoms with E-state index in [-0.39, 0.29) is 16.7 Å². The smallest absolute Gasteiger partial charge is 0.276 e. The number of hydrogen-bond acceptors (Lipinski definition) is 6. The number of para-hydroxylation sites is 1. The maximum Gasteiger partial charge on any atom is 0.276 e. The highest BCUT2D eigenvalue weighted by molar-refractivity contribution is 7.89.